The van der Waals surface area contributed by atoms with Crippen LogP contribution in [-0.2, 0) is 5.41 Å². The largest absolute Gasteiger partial charge is 0.310 e. The van der Waals surface area contributed by atoms with Crippen LogP contribution in [0.2, 0.25) is 0 Å². The van der Waals surface area contributed by atoms with Gasteiger partial charge in [-0.3, -0.25) is 0 Å². The molecule has 5 saturated carbocycles. The molecule has 1 nitrogen and oxygen atoms in total. The lowest BCUT2D eigenvalue weighted by molar-refractivity contribution is -0.00277. The third-order valence-corrected chi connectivity index (χ3v) is 15.0. The van der Waals surface area contributed by atoms with Crippen molar-refractivity contribution in [1.29, 1.82) is 0 Å². The van der Waals surface area contributed by atoms with Gasteiger partial charge in [-0.1, -0.05) is 124 Å². The molecule has 0 saturated heterocycles. The number of benzene rings is 6. The molecule has 270 valence electrons. The molecule has 0 aromatic heterocycles. The van der Waals surface area contributed by atoms with Crippen LogP contribution in [0.25, 0.3) is 33.0 Å². The van der Waals surface area contributed by atoms with E-state index in [1.54, 1.807) is 5.56 Å². The van der Waals surface area contributed by atoms with Gasteiger partial charge in [-0.25, -0.2) is 0 Å². The molecule has 4 bridgehead atoms. The Morgan fingerprint density at radius 3 is 1.87 bits per heavy atom. The van der Waals surface area contributed by atoms with Crippen molar-refractivity contribution in [3.8, 4) is 22.3 Å². The van der Waals surface area contributed by atoms with Crippen molar-refractivity contribution in [2.24, 2.45) is 23.7 Å². The van der Waals surface area contributed by atoms with Crippen LogP contribution in [0, 0.1) is 23.7 Å². The minimum atomic E-state index is -0.150. The molecule has 0 atom stereocenters. The normalized spacial score (nSPS) is 25.1. The number of hydrogen-bond acceptors (Lipinski definition) is 1. The van der Waals surface area contributed by atoms with Crippen molar-refractivity contribution in [2.75, 3.05) is 4.90 Å². The quantitative estimate of drug-likeness (QED) is 0.167. The van der Waals surface area contributed by atoms with Crippen molar-refractivity contribution >= 4 is 27.8 Å². The van der Waals surface area contributed by atoms with E-state index < -0.39 is 0 Å². The smallest absolute Gasteiger partial charge is 0.0543 e. The van der Waals surface area contributed by atoms with Gasteiger partial charge in [-0.2, -0.15) is 0 Å². The maximum atomic E-state index is 2.59. The minimum absolute atomic E-state index is 0.150. The average molecular weight is 704 g/mol. The van der Waals surface area contributed by atoms with Gasteiger partial charge in [0.2, 0.25) is 0 Å². The van der Waals surface area contributed by atoms with E-state index in [-0.39, 0.29) is 5.41 Å². The molecule has 0 unspecified atom stereocenters. The van der Waals surface area contributed by atoms with Gasteiger partial charge in [0, 0.05) is 22.4 Å². The lowest BCUT2D eigenvalue weighted by atomic mass is 9.51. The molecule has 12 rings (SSSR count). The Morgan fingerprint density at radius 1 is 0.537 bits per heavy atom. The van der Waals surface area contributed by atoms with Gasteiger partial charge in [0.1, 0.15) is 0 Å². The highest BCUT2D eigenvalue weighted by Gasteiger charge is 2.48. The molecule has 54 heavy (non-hydrogen) atoms. The fourth-order valence-corrected chi connectivity index (χ4v) is 12.8. The van der Waals surface area contributed by atoms with Crippen molar-refractivity contribution in [2.45, 2.75) is 95.3 Å². The number of hydrogen-bond donors (Lipinski definition) is 0. The zero-order valence-electron chi connectivity index (χ0n) is 32.1. The summed E-state index contributed by atoms with van der Waals surface area (Å²) in [4.78, 5) is 2.59. The van der Waals surface area contributed by atoms with Crippen molar-refractivity contribution in [1.82, 2.24) is 0 Å². The maximum absolute atomic E-state index is 2.59. The Hall–Kier alpha value is -4.62. The van der Waals surface area contributed by atoms with Crippen LogP contribution in [0.4, 0.5) is 17.1 Å². The number of nitrogens with zero attached hydrogens (tertiary/aromatic N) is 1. The zero-order chi connectivity index (χ0) is 36.0. The lowest BCUT2D eigenvalue weighted by Crippen LogP contribution is -2.43. The predicted octanol–water partition coefficient (Wildman–Crippen LogP) is 14.9. The molecule has 6 aliphatic carbocycles. The van der Waals surface area contributed by atoms with Crippen LogP contribution in [-0.4, -0.2) is 0 Å². The van der Waals surface area contributed by atoms with Gasteiger partial charge in [0.25, 0.3) is 0 Å². The Kier molecular flexibility index (Phi) is 7.73. The van der Waals surface area contributed by atoms with Crippen LogP contribution in [0.15, 0.2) is 127 Å². The Balaban J connectivity index is 1.09. The van der Waals surface area contributed by atoms with Crippen molar-refractivity contribution < 1.29 is 0 Å². The second-order valence-corrected chi connectivity index (χ2v) is 18.4. The third kappa shape index (κ3) is 5.25. The molecule has 1 heteroatoms. The first-order valence-corrected chi connectivity index (χ1v) is 21.3. The molecular formula is C53H53N. The fourth-order valence-electron chi connectivity index (χ4n) is 12.8. The summed E-state index contributed by atoms with van der Waals surface area (Å²) in [6, 6.07) is 49.7. The van der Waals surface area contributed by atoms with Gasteiger partial charge in [-0.15, -0.1) is 0 Å². The van der Waals surface area contributed by atoms with Crippen molar-refractivity contribution in [3.63, 3.8) is 0 Å². The van der Waals surface area contributed by atoms with E-state index >= 15 is 0 Å². The summed E-state index contributed by atoms with van der Waals surface area (Å²) in [6.07, 6.45) is 14.1. The van der Waals surface area contributed by atoms with E-state index in [1.165, 1.54) is 131 Å². The molecule has 6 aromatic rings. The highest BCUT2D eigenvalue weighted by molar-refractivity contribution is 5.99. The molecule has 0 N–H and O–H groups in total. The molecular weight excluding hydrogens is 651 g/mol. The number of fused-ring (bicyclic) bond motifs is 4. The predicted molar refractivity (Wildman–Crippen MR) is 227 cm³/mol. The molecule has 0 radical (unpaired) electrons. The second kappa shape index (κ2) is 12.7. The first-order valence-electron chi connectivity index (χ1n) is 21.3. The van der Waals surface area contributed by atoms with Gasteiger partial charge >= 0.3 is 0 Å². The zero-order valence-corrected chi connectivity index (χ0v) is 32.1. The Bertz CT molecular complexity index is 2330. The summed E-state index contributed by atoms with van der Waals surface area (Å²) < 4.78 is 0. The van der Waals surface area contributed by atoms with Crippen LogP contribution < -0.4 is 4.90 Å². The summed E-state index contributed by atoms with van der Waals surface area (Å²) in [7, 11) is 0. The fraction of sp³-hybridized carbons (Fsp3) is 0.358. The van der Waals surface area contributed by atoms with Crippen LogP contribution in [0.1, 0.15) is 112 Å². The summed E-state index contributed by atoms with van der Waals surface area (Å²) in [5.74, 6) is 5.19. The summed E-state index contributed by atoms with van der Waals surface area (Å²) >= 11 is 0. The first kappa shape index (κ1) is 32.8. The molecule has 5 fully saturated rings. The van der Waals surface area contributed by atoms with Gasteiger partial charge < -0.3 is 4.90 Å². The van der Waals surface area contributed by atoms with Crippen molar-refractivity contribution in [3.05, 3.63) is 150 Å². The standard InChI is InChI=1S/C53H53N/c1-53(2)48-15-9-8-14-46(48)47-26-27-49(51(52(47)53)41-17-16-37-12-6-7-13-40(37)33-41)54(44-22-18-38(19-23-44)36-10-4-3-5-11-36)45-24-20-39(21-25-45)50-42-29-34-28-35(31-42)32-43(50)30-34/h6-9,12-27,33-36,42-43,50H,3-5,10-11,28-32H2,1-2H3. The highest BCUT2D eigenvalue weighted by atomic mass is 15.1. The molecule has 0 heterocycles. The van der Waals surface area contributed by atoms with Gasteiger partial charge in [-0.05, 0) is 167 Å². The van der Waals surface area contributed by atoms with Crippen LogP contribution in [0.5, 0.6) is 0 Å². The second-order valence-electron chi connectivity index (χ2n) is 18.4. The summed E-state index contributed by atoms with van der Waals surface area (Å²) in [5, 5.41) is 2.57. The molecule has 0 amide bonds. The Labute approximate surface area is 322 Å². The average Bonchev–Trinajstić information content (AvgIpc) is 3.44. The van der Waals surface area contributed by atoms with Gasteiger partial charge in [0.15, 0.2) is 0 Å². The SMILES string of the molecule is CC1(C)c2ccccc2-c2ccc(N(c3ccc(C4CCCCC4)cc3)c3ccc(C4C5CC6CC(C5)CC4C6)cc3)c(-c3ccc4ccccc4c3)c21. The van der Waals surface area contributed by atoms with E-state index in [4.69, 9.17) is 0 Å². The van der Waals surface area contributed by atoms with E-state index in [1.807, 2.05) is 0 Å². The topological polar surface area (TPSA) is 3.24 Å². The Morgan fingerprint density at radius 2 is 1.17 bits per heavy atom. The highest BCUT2D eigenvalue weighted by Crippen LogP contribution is 2.60. The van der Waals surface area contributed by atoms with Gasteiger partial charge in [0.05, 0.1) is 5.69 Å². The van der Waals surface area contributed by atoms with Crippen LogP contribution >= 0.6 is 0 Å². The molecule has 0 spiro atoms. The lowest BCUT2D eigenvalue weighted by Gasteiger charge is -2.54. The van der Waals surface area contributed by atoms with Crippen LogP contribution in [0.3, 0.4) is 0 Å². The summed E-state index contributed by atoms with van der Waals surface area (Å²) in [6.45, 7) is 4.88. The molecule has 6 aromatic carbocycles. The summed E-state index contributed by atoms with van der Waals surface area (Å²) in [5.41, 5.74) is 14.9. The van der Waals surface area contributed by atoms with E-state index in [2.05, 4.69) is 146 Å². The minimum Gasteiger partial charge on any atom is -0.310 e. The monoisotopic (exact) mass is 703 g/mol. The van der Waals surface area contributed by atoms with E-state index in [0.717, 1.165) is 29.6 Å². The number of rotatable bonds is 6. The first-order chi connectivity index (χ1) is 26.5. The maximum Gasteiger partial charge on any atom is 0.0543 e. The van der Waals surface area contributed by atoms with E-state index in [9.17, 15) is 0 Å². The van der Waals surface area contributed by atoms with E-state index in [0.29, 0.717) is 5.92 Å². The third-order valence-electron chi connectivity index (χ3n) is 15.0. The number of anilines is 3. The molecule has 6 aliphatic rings. The molecule has 0 aliphatic heterocycles.